The summed E-state index contributed by atoms with van der Waals surface area (Å²) in [5.74, 6) is 1.73. The van der Waals surface area contributed by atoms with Crippen molar-refractivity contribution in [3.63, 3.8) is 0 Å². The molecule has 0 saturated carbocycles. The van der Waals surface area contributed by atoms with Gasteiger partial charge in [-0.25, -0.2) is 4.99 Å². The summed E-state index contributed by atoms with van der Waals surface area (Å²) in [6, 6.07) is 18.4. The molecule has 0 spiro atoms. The lowest BCUT2D eigenvalue weighted by Crippen LogP contribution is -2.40. The van der Waals surface area contributed by atoms with Crippen LogP contribution in [0.2, 0.25) is 0 Å². The lowest BCUT2D eigenvalue weighted by atomic mass is 10.2. The second kappa shape index (κ2) is 12.9. The molecule has 6 nitrogen and oxygen atoms in total. The molecule has 1 fully saturated rings. The Hall–Kier alpha value is -2.57. The average Bonchev–Trinajstić information content (AvgIpc) is 2.80. The number of morpholine rings is 1. The minimum Gasteiger partial charge on any atom is -0.489 e. The standard InChI is InChI=1S/C24H34N4O2/c1-2-25-24(26-12-7-13-28-14-16-29-17-15-28)27-19-22-10-6-11-23(18-22)30-20-21-8-4-3-5-9-21/h3-6,8-11,18H,2,7,12-17,19-20H2,1H3,(H2,25,26,27). The van der Waals surface area contributed by atoms with Crippen LogP contribution in [0.4, 0.5) is 0 Å². The average molecular weight is 411 g/mol. The Labute approximate surface area is 180 Å². The van der Waals surface area contributed by atoms with Gasteiger partial charge in [0.2, 0.25) is 0 Å². The molecule has 2 N–H and O–H groups in total. The summed E-state index contributed by atoms with van der Waals surface area (Å²) in [6.07, 6.45) is 1.09. The molecule has 0 atom stereocenters. The van der Waals surface area contributed by atoms with Gasteiger partial charge in [0.25, 0.3) is 0 Å². The van der Waals surface area contributed by atoms with Crippen LogP contribution < -0.4 is 15.4 Å². The summed E-state index contributed by atoms with van der Waals surface area (Å²) in [7, 11) is 0. The van der Waals surface area contributed by atoms with E-state index in [0.717, 1.165) is 75.2 Å². The summed E-state index contributed by atoms with van der Waals surface area (Å²) in [6.45, 7) is 9.89. The van der Waals surface area contributed by atoms with Crippen molar-refractivity contribution in [2.45, 2.75) is 26.5 Å². The van der Waals surface area contributed by atoms with Gasteiger partial charge in [0, 0.05) is 26.2 Å². The number of nitrogens with one attached hydrogen (secondary N) is 2. The van der Waals surface area contributed by atoms with Gasteiger partial charge in [-0.3, -0.25) is 4.90 Å². The molecule has 0 bridgehead atoms. The molecule has 2 aromatic rings. The van der Waals surface area contributed by atoms with E-state index in [2.05, 4.69) is 46.7 Å². The normalized spacial score (nSPS) is 15.0. The third-order valence-electron chi connectivity index (χ3n) is 4.96. The predicted molar refractivity (Wildman–Crippen MR) is 122 cm³/mol. The minimum atomic E-state index is 0.570. The van der Waals surface area contributed by atoms with Crippen LogP contribution >= 0.6 is 0 Å². The number of benzene rings is 2. The van der Waals surface area contributed by atoms with Crippen LogP contribution in [0.25, 0.3) is 0 Å². The van der Waals surface area contributed by atoms with E-state index < -0.39 is 0 Å². The highest BCUT2D eigenvalue weighted by Gasteiger charge is 2.09. The maximum absolute atomic E-state index is 5.93. The maximum atomic E-state index is 5.93. The highest BCUT2D eigenvalue weighted by molar-refractivity contribution is 5.79. The number of rotatable bonds is 10. The van der Waals surface area contributed by atoms with Crippen molar-refractivity contribution in [1.29, 1.82) is 0 Å². The molecule has 1 aliphatic heterocycles. The second-order valence-electron chi connectivity index (χ2n) is 7.35. The molecule has 162 valence electrons. The van der Waals surface area contributed by atoms with Crippen molar-refractivity contribution in [1.82, 2.24) is 15.5 Å². The van der Waals surface area contributed by atoms with E-state index >= 15 is 0 Å². The summed E-state index contributed by atoms with van der Waals surface area (Å²) in [4.78, 5) is 7.19. The Bertz CT molecular complexity index is 761. The Balaban J connectivity index is 1.45. The summed E-state index contributed by atoms with van der Waals surface area (Å²) < 4.78 is 11.3. The van der Waals surface area contributed by atoms with Crippen LogP contribution in [0.5, 0.6) is 5.75 Å². The molecular weight excluding hydrogens is 376 g/mol. The highest BCUT2D eigenvalue weighted by Crippen LogP contribution is 2.16. The van der Waals surface area contributed by atoms with Crippen molar-refractivity contribution >= 4 is 5.96 Å². The molecular formula is C24H34N4O2. The highest BCUT2D eigenvalue weighted by atomic mass is 16.5. The van der Waals surface area contributed by atoms with Crippen LogP contribution in [0, 0.1) is 0 Å². The third kappa shape index (κ3) is 8.05. The van der Waals surface area contributed by atoms with Crippen LogP contribution in [-0.2, 0) is 17.9 Å². The number of ether oxygens (including phenoxy) is 2. The predicted octanol–water partition coefficient (Wildman–Crippen LogP) is 3.04. The van der Waals surface area contributed by atoms with Gasteiger partial charge in [0.05, 0.1) is 19.8 Å². The van der Waals surface area contributed by atoms with Crippen LogP contribution in [-0.4, -0.2) is 56.8 Å². The van der Waals surface area contributed by atoms with E-state index in [0.29, 0.717) is 13.2 Å². The van der Waals surface area contributed by atoms with Crippen LogP contribution in [0.15, 0.2) is 59.6 Å². The van der Waals surface area contributed by atoms with E-state index in [-0.39, 0.29) is 0 Å². The van der Waals surface area contributed by atoms with Crippen molar-refractivity contribution in [2.24, 2.45) is 4.99 Å². The van der Waals surface area contributed by atoms with E-state index in [1.165, 1.54) is 0 Å². The molecule has 1 aliphatic rings. The Morgan fingerprint density at radius 3 is 2.63 bits per heavy atom. The Morgan fingerprint density at radius 2 is 1.83 bits per heavy atom. The van der Waals surface area contributed by atoms with E-state index in [1.807, 2.05) is 30.3 Å². The molecule has 3 rings (SSSR count). The minimum absolute atomic E-state index is 0.570. The molecule has 1 heterocycles. The SMILES string of the molecule is CCNC(=NCc1cccc(OCc2ccccc2)c1)NCCCN1CCOCC1. The number of guanidine groups is 1. The zero-order chi connectivity index (χ0) is 20.9. The monoisotopic (exact) mass is 410 g/mol. The number of aliphatic imine (C=N–C) groups is 1. The first-order valence-corrected chi connectivity index (χ1v) is 10.9. The van der Waals surface area contributed by atoms with Crippen molar-refractivity contribution in [3.05, 3.63) is 65.7 Å². The fourth-order valence-corrected chi connectivity index (χ4v) is 3.32. The van der Waals surface area contributed by atoms with E-state index in [9.17, 15) is 0 Å². The topological polar surface area (TPSA) is 58.1 Å². The number of nitrogens with zero attached hydrogens (tertiary/aromatic N) is 2. The molecule has 30 heavy (non-hydrogen) atoms. The van der Waals surface area contributed by atoms with Gasteiger partial charge in [-0.2, -0.15) is 0 Å². The van der Waals surface area contributed by atoms with Crippen molar-refractivity contribution in [3.8, 4) is 5.75 Å². The van der Waals surface area contributed by atoms with Crippen LogP contribution in [0.3, 0.4) is 0 Å². The van der Waals surface area contributed by atoms with E-state index in [4.69, 9.17) is 14.5 Å². The van der Waals surface area contributed by atoms with Gasteiger partial charge in [0.1, 0.15) is 12.4 Å². The summed E-state index contributed by atoms with van der Waals surface area (Å²) >= 11 is 0. The molecule has 0 aromatic heterocycles. The van der Waals surface area contributed by atoms with Gasteiger partial charge in [-0.15, -0.1) is 0 Å². The fraction of sp³-hybridized carbons (Fsp3) is 0.458. The molecule has 0 aliphatic carbocycles. The summed E-state index contributed by atoms with van der Waals surface area (Å²) in [5.41, 5.74) is 2.29. The van der Waals surface area contributed by atoms with Crippen molar-refractivity contribution in [2.75, 3.05) is 45.9 Å². The van der Waals surface area contributed by atoms with Gasteiger partial charge < -0.3 is 20.1 Å². The van der Waals surface area contributed by atoms with Gasteiger partial charge in [-0.05, 0) is 43.1 Å². The first kappa shape index (κ1) is 22.1. The van der Waals surface area contributed by atoms with E-state index in [1.54, 1.807) is 0 Å². The molecule has 0 unspecified atom stereocenters. The first-order valence-electron chi connectivity index (χ1n) is 10.9. The van der Waals surface area contributed by atoms with Gasteiger partial charge >= 0.3 is 0 Å². The first-order chi connectivity index (χ1) is 14.8. The van der Waals surface area contributed by atoms with Gasteiger partial charge in [-0.1, -0.05) is 42.5 Å². The Kier molecular flexibility index (Phi) is 9.50. The lowest BCUT2D eigenvalue weighted by Gasteiger charge is -2.26. The zero-order valence-electron chi connectivity index (χ0n) is 18.0. The second-order valence-corrected chi connectivity index (χ2v) is 7.35. The van der Waals surface area contributed by atoms with Gasteiger partial charge in [0.15, 0.2) is 5.96 Å². The molecule has 0 radical (unpaired) electrons. The number of hydrogen-bond donors (Lipinski definition) is 2. The smallest absolute Gasteiger partial charge is 0.191 e. The quantitative estimate of drug-likeness (QED) is 0.358. The van der Waals surface area contributed by atoms with Crippen molar-refractivity contribution < 1.29 is 9.47 Å². The molecule has 0 amide bonds. The largest absolute Gasteiger partial charge is 0.489 e. The zero-order valence-corrected chi connectivity index (χ0v) is 18.0. The Morgan fingerprint density at radius 1 is 1.03 bits per heavy atom. The molecule has 1 saturated heterocycles. The summed E-state index contributed by atoms with van der Waals surface area (Å²) in [5, 5.41) is 6.77. The molecule has 6 heteroatoms. The molecule has 2 aromatic carbocycles. The number of hydrogen-bond acceptors (Lipinski definition) is 4. The lowest BCUT2D eigenvalue weighted by molar-refractivity contribution is 0.0376. The van der Waals surface area contributed by atoms with Crippen LogP contribution in [0.1, 0.15) is 24.5 Å². The fourth-order valence-electron chi connectivity index (χ4n) is 3.32. The third-order valence-corrected chi connectivity index (χ3v) is 4.96. The maximum Gasteiger partial charge on any atom is 0.191 e.